The van der Waals surface area contributed by atoms with Crippen LogP contribution < -0.4 is 0 Å². The van der Waals surface area contributed by atoms with Gasteiger partial charge in [-0.3, -0.25) is 0 Å². The SMILES string of the molecule is CC[C-]1CC(C(C)Cl)c2c1cc(O)c1ccc3c(c21)CCC3. The third-order valence-corrected chi connectivity index (χ3v) is 5.90. The number of fused-ring (bicyclic) bond motifs is 5. The smallest absolute Gasteiger partial charge is 0.0684 e. The lowest BCUT2D eigenvalue weighted by molar-refractivity contribution is 0.481. The highest BCUT2D eigenvalue weighted by molar-refractivity contribution is 6.21. The molecule has 116 valence electrons. The molecule has 0 amide bonds. The molecule has 0 heterocycles. The van der Waals surface area contributed by atoms with Crippen molar-refractivity contribution < 1.29 is 5.11 Å². The van der Waals surface area contributed by atoms with Crippen LogP contribution in [-0.4, -0.2) is 10.5 Å². The van der Waals surface area contributed by atoms with Crippen LogP contribution >= 0.6 is 11.6 Å². The second-order valence-corrected chi connectivity index (χ2v) is 7.47. The van der Waals surface area contributed by atoms with E-state index >= 15 is 0 Å². The summed E-state index contributed by atoms with van der Waals surface area (Å²) in [5, 5.41) is 13.0. The first-order valence-corrected chi connectivity index (χ1v) is 8.85. The number of hydrogen-bond donors (Lipinski definition) is 1. The number of phenolic OH excluding ortho intramolecular Hbond substituents is 1. The number of alkyl halides is 1. The van der Waals surface area contributed by atoms with E-state index in [4.69, 9.17) is 11.6 Å². The number of aromatic hydroxyl groups is 1. The summed E-state index contributed by atoms with van der Waals surface area (Å²) < 4.78 is 0. The molecule has 2 heteroatoms. The largest absolute Gasteiger partial charge is 0.520 e. The Morgan fingerprint density at radius 2 is 2.18 bits per heavy atom. The monoisotopic (exact) mass is 313 g/mol. The summed E-state index contributed by atoms with van der Waals surface area (Å²) in [7, 11) is 0. The molecule has 2 unspecified atom stereocenters. The van der Waals surface area contributed by atoms with Crippen molar-refractivity contribution in [1.29, 1.82) is 0 Å². The molecular formula is C20H22ClO-. The highest BCUT2D eigenvalue weighted by Gasteiger charge is 2.29. The number of hydrogen-bond acceptors (Lipinski definition) is 1. The predicted molar refractivity (Wildman–Crippen MR) is 92.9 cm³/mol. The van der Waals surface area contributed by atoms with E-state index in [-0.39, 0.29) is 5.38 Å². The van der Waals surface area contributed by atoms with Crippen molar-refractivity contribution >= 4 is 22.4 Å². The summed E-state index contributed by atoms with van der Waals surface area (Å²) in [6, 6.07) is 6.29. The van der Waals surface area contributed by atoms with Crippen LogP contribution in [0.1, 0.15) is 61.3 Å². The molecule has 0 aromatic heterocycles. The first kappa shape index (κ1) is 14.3. The minimum absolute atomic E-state index is 0.118. The van der Waals surface area contributed by atoms with Crippen molar-refractivity contribution in [3.63, 3.8) is 0 Å². The van der Waals surface area contributed by atoms with E-state index in [0.717, 1.165) is 24.6 Å². The van der Waals surface area contributed by atoms with Crippen LogP contribution in [-0.2, 0) is 12.8 Å². The van der Waals surface area contributed by atoms with E-state index in [1.165, 1.54) is 46.4 Å². The lowest BCUT2D eigenvalue weighted by Crippen LogP contribution is -2.07. The quantitative estimate of drug-likeness (QED) is 0.575. The number of rotatable bonds is 2. The summed E-state index contributed by atoms with van der Waals surface area (Å²) >= 11 is 6.55. The van der Waals surface area contributed by atoms with Crippen molar-refractivity contribution in [2.75, 3.05) is 0 Å². The van der Waals surface area contributed by atoms with Crippen LogP contribution in [0.25, 0.3) is 10.8 Å². The molecule has 0 fully saturated rings. The minimum Gasteiger partial charge on any atom is -0.520 e. The topological polar surface area (TPSA) is 20.2 Å². The maximum atomic E-state index is 10.6. The normalized spacial score (nSPS) is 21.2. The van der Waals surface area contributed by atoms with Crippen LogP contribution in [0.15, 0.2) is 18.2 Å². The number of halogens is 1. The predicted octanol–water partition coefficient (Wildman–Crippen LogP) is 5.48. The fraction of sp³-hybridized carbons (Fsp3) is 0.450. The zero-order valence-corrected chi connectivity index (χ0v) is 14.0. The Hall–Kier alpha value is -1.34. The van der Waals surface area contributed by atoms with Gasteiger partial charge in [0, 0.05) is 5.38 Å². The summed E-state index contributed by atoms with van der Waals surface area (Å²) in [5.74, 6) is 2.25. The average molecular weight is 314 g/mol. The Bertz CT molecular complexity index is 747. The molecule has 0 saturated carbocycles. The third-order valence-electron chi connectivity index (χ3n) is 5.60. The Morgan fingerprint density at radius 1 is 1.36 bits per heavy atom. The van der Waals surface area contributed by atoms with Crippen molar-refractivity contribution in [3.8, 4) is 5.75 Å². The van der Waals surface area contributed by atoms with Crippen LogP contribution in [0.2, 0.25) is 0 Å². The molecule has 0 radical (unpaired) electrons. The van der Waals surface area contributed by atoms with Crippen LogP contribution in [0.5, 0.6) is 5.75 Å². The molecular weight excluding hydrogens is 292 g/mol. The molecule has 4 rings (SSSR count). The second kappa shape index (κ2) is 5.09. The molecule has 0 aliphatic heterocycles. The molecule has 2 aromatic carbocycles. The highest BCUT2D eigenvalue weighted by atomic mass is 35.5. The van der Waals surface area contributed by atoms with E-state index in [9.17, 15) is 5.11 Å². The molecule has 22 heavy (non-hydrogen) atoms. The van der Waals surface area contributed by atoms with E-state index in [1.54, 1.807) is 0 Å². The molecule has 2 aliphatic rings. The van der Waals surface area contributed by atoms with E-state index < -0.39 is 0 Å². The number of aryl methyl sites for hydroxylation is 2. The average Bonchev–Trinajstić information content (AvgIpc) is 3.10. The molecule has 2 atom stereocenters. The van der Waals surface area contributed by atoms with Gasteiger partial charge in [0.15, 0.2) is 0 Å². The van der Waals surface area contributed by atoms with E-state index in [1.807, 2.05) is 6.07 Å². The maximum absolute atomic E-state index is 10.6. The van der Waals surface area contributed by atoms with Crippen molar-refractivity contribution in [1.82, 2.24) is 0 Å². The lowest BCUT2D eigenvalue weighted by Gasteiger charge is -2.25. The number of benzene rings is 2. The van der Waals surface area contributed by atoms with Crippen LogP contribution in [0.3, 0.4) is 0 Å². The van der Waals surface area contributed by atoms with Gasteiger partial charge in [-0.2, -0.15) is 11.5 Å². The minimum atomic E-state index is 0.118. The fourth-order valence-corrected chi connectivity index (χ4v) is 4.71. The van der Waals surface area contributed by atoms with Crippen LogP contribution in [0, 0.1) is 5.92 Å². The summed E-state index contributed by atoms with van der Waals surface area (Å²) in [6.45, 7) is 4.31. The zero-order chi connectivity index (χ0) is 15.4. The first-order valence-electron chi connectivity index (χ1n) is 8.41. The molecule has 1 N–H and O–H groups in total. The lowest BCUT2D eigenvalue weighted by atomic mass is 9.88. The first-order chi connectivity index (χ1) is 10.6. The van der Waals surface area contributed by atoms with Gasteiger partial charge < -0.3 is 5.11 Å². The van der Waals surface area contributed by atoms with Crippen molar-refractivity contribution in [3.05, 3.63) is 46.4 Å². The number of phenols is 1. The van der Waals surface area contributed by atoms with Gasteiger partial charge in [-0.1, -0.05) is 43.2 Å². The standard InChI is InChI=1S/C20H22ClO/c1-3-12-9-16(11(2)21)20-17(12)10-18(22)15-8-7-13-5-4-6-14(13)19(15)20/h7-8,10-11,16,22H,3-6,9H2,1-2H3/q-1. The molecule has 0 bridgehead atoms. The van der Waals surface area contributed by atoms with Crippen LogP contribution in [0.4, 0.5) is 0 Å². The third kappa shape index (κ3) is 1.88. The van der Waals surface area contributed by atoms with Gasteiger partial charge in [0.1, 0.15) is 0 Å². The van der Waals surface area contributed by atoms with Gasteiger partial charge in [0.2, 0.25) is 0 Å². The summed E-state index contributed by atoms with van der Waals surface area (Å²) in [4.78, 5) is 0. The molecule has 2 aromatic rings. The fourth-order valence-electron chi connectivity index (χ4n) is 4.50. The second-order valence-electron chi connectivity index (χ2n) is 6.78. The Morgan fingerprint density at radius 3 is 2.91 bits per heavy atom. The summed E-state index contributed by atoms with van der Waals surface area (Å²) in [6.07, 6.45) is 5.60. The Kier molecular flexibility index (Phi) is 3.30. The maximum Gasteiger partial charge on any atom is 0.0684 e. The van der Waals surface area contributed by atoms with E-state index in [2.05, 4.69) is 26.0 Å². The van der Waals surface area contributed by atoms with Gasteiger partial charge in [-0.05, 0) is 42.7 Å². The molecule has 2 aliphatic carbocycles. The van der Waals surface area contributed by atoms with Gasteiger partial charge in [-0.15, -0.1) is 23.2 Å². The zero-order valence-electron chi connectivity index (χ0n) is 13.2. The molecule has 0 spiro atoms. The van der Waals surface area contributed by atoms with Gasteiger partial charge in [0.25, 0.3) is 0 Å². The van der Waals surface area contributed by atoms with Gasteiger partial charge in [0.05, 0.1) is 5.75 Å². The molecule has 0 saturated heterocycles. The highest BCUT2D eigenvalue weighted by Crippen LogP contribution is 2.52. The van der Waals surface area contributed by atoms with Gasteiger partial charge >= 0.3 is 0 Å². The Labute approximate surface area is 137 Å². The van der Waals surface area contributed by atoms with Crippen molar-refractivity contribution in [2.24, 2.45) is 0 Å². The molecule has 1 nitrogen and oxygen atoms in total. The summed E-state index contributed by atoms with van der Waals surface area (Å²) in [5.41, 5.74) is 5.60. The Balaban J connectivity index is 2.09. The van der Waals surface area contributed by atoms with E-state index in [0.29, 0.717) is 11.7 Å². The van der Waals surface area contributed by atoms with Gasteiger partial charge in [-0.25, -0.2) is 0 Å². The van der Waals surface area contributed by atoms with Crippen molar-refractivity contribution in [2.45, 2.75) is 57.2 Å².